The second kappa shape index (κ2) is 6.56. The average molecular weight is 289 g/mol. The number of rotatable bonds is 5. The number of aromatic nitrogens is 2. The number of methoxy groups -OCH3 is 2. The molecule has 1 aromatic heterocycles. The van der Waals surface area contributed by atoms with Gasteiger partial charge in [-0.1, -0.05) is 6.08 Å². The van der Waals surface area contributed by atoms with Gasteiger partial charge in [0, 0.05) is 18.0 Å². The first-order valence-corrected chi connectivity index (χ1v) is 6.20. The van der Waals surface area contributed by atoms with Crippen molar-refractivity contribution in [1.29, 1.82) is 0 Å². The van der Waals surface area contributed by atoms with Crippen molar-refractivity contribution in [2.45, 2.75) is 0 Å². The molecule has 2 aromatic rings. The minimum Gasteiger partial charge on any atom is -0.497 e. The first-order chi connectivity index (χ1) is 10.2. The van der Waals surface area contributed by atoms with E-state index in [1.807, 2.05) is 0 Å². The van der Waals surface area contributed by atoms with Crippen LogP contribution in [0.1, 0.15) is 10.5 Å². The predicted octanol–water partition coefficient (Wildman–Crippen LogP) is 1.03. The van der Waals surface area contributed by atoms with Crippen LogP contribution in [0.4, 0.5) is 0 Å². The zero-order valence-corrected chi connectivity index (χ0v) is 11.7. The maximum atomic E-state index is 12.0. The summed E-state index contributed by atoms with van der Waals surface area (Å²) in [6.45, 7) is 0.201. The normalized spacial score (nSPS) is 10.8. The van der Waals surface area contributed by atoms with E-state index in [-0.39, 0.29) is 18.1 Å². The van der Waals surface area contributed by atoms with Gasteiger partial charge in [-0.15, -0.1) is 0 Å². The molecule has 0 spiro atoms. The molecule has 0 atom stereocenters. The van der Waals surface area contributed by atoms with Crippen LogP contribution in [0, 0.1) is 0 Å². The molecule has 0 saturated carbocycles. The molecule has 110 valence electrons. The van der Waals surface area contributed by atoms with Gasteiger partial charge >= 0.3 is 5.97 Å². The van der Waals surface area contributed by atoms with Crippen molar-refractivity contribution in [1.82, 2.24) is 15.5 Å². The summed E-state index contributed by atoms with van der Waals surface area (Å²) in [7, 11) is 2.84. The molecule has 1 amide bonds. The Bertz CT molecular complexity index is 691. The van der Waals surface area contributed by atoms with Crippen LogP contribution in [0.2, 0.25) is 0 Å². The maximum absolute atomic E-state index is 12.0. The van der Waals surface area contributed by atoms with Crippen molar-refractivity contribution in [2.24, 2.45) is 0 Å². The van der Waals surface area contributed by atoms with Gasteiger partial charge in [0.15, 0.2) is 5.69 Å². The molecule has 0 unspecified atom stereocenters. The number of ether oxygens (including phenoxy) is 2. The predicted molar refractivity (Wildman–Crippen MR) is 76.1 cm³/mol. The average Bonchev–Trinajstić information content (AvgIpc) is 2.93. The molecule has 0 aliphatic rings. The fraction of sp³-hybridized carbons (Fsp3) is 0.214. The molecule has 1 aromatic carbocycles. The van der Waals surface area contributed by atoms with Crippen molar-refractivity contribution in [3.8, 4) is 5.75 Å². The van der Waals surface area contributed by atoms with Gasteiger partial charge in [-0.2, -0.15) is 5.10 Å². The molecule has 21 heavy (non-hydrogen) atoms. The lowest BCUT2D eigenvalue weighted by Crippen LogP contribution is -2.24. The Kier molecular flexibility index (Phi) is 4.55. The third-order valence-corrected chi connectivity index (χ3v) is 2.82. The van der Waals surface area contributed by atoms with Crippen molar-refractivity contribution >= 4 is 22.8 Å². The van der Waals surface area contributed by atoms with Crippen molar-refractivity contribution in [3.05, 3.63) is 36.0 Å². The molecule has 7 nitrogen and oxygen atoms in total. The van der Waals surface area contributed by atoms with Gasteiger partial charge in [-0.05, 0) is 18.2 Å². The van der Waals surface area contributed by atoms with Gasteiger partial charge in [0.05, 0.1) is 19.7 Å². The fourth-order valence-electron chi connectivity index (χ4n) is 1.75. The highest BCUT2D eigenvalue weighted by molar-refractivity contribution is 6.05. The number of carbonyl (C=O) groups is 2. The second-order valence-electron chi connectivity index (χ2n) is 4.12. The number of fused-ring (bicyclic) bond motifs is 1. The summed E-state index contributed by atoms with van der Waals surface area (Å²) in [5, 5.41) is 10.1. The smallest absolute Gasteiger partial charge is 0.330 e. The van der Waals surface area contributed by atoms with Crippen molar-refractivity contribution in [2.75, 3.05) is 20.8 Å². The zero-order chi connectivity index (χ0) is 15.2. The summed E-state index contributed by atoms with van der Waals surface area (Å²) in [5.74, 6) is -0.174. The van der Waals surface area contributed by atoms with Crippen LogP contribution in [0.15, 0.2) is 30.4 Å². The van der Waals surface area contributed by atoms with Crippen LogP contribution in [-0.2, 0) is 9.53 Å². The van der Waals surface area contributed by atoms with E-state index in [1.54, 1.807) is 25.3 Å². The Morgan fingerprint density at radius 1 is 1.38 bits per heavy atom. The molecule has 1 heterocycles. The number of nitrogens with one attached hydrogen (secondary N) is 2. The third kappa shape index (κ3) is 3.38. The molecule has 0 aliphatic carbocycles. The van der Waals surface area contributed by atoms with E-state index < -0.39 is 5.97 Å². The number of esters is 1. The van der Waals surface area contributed by atoms with E-state index in [0.717, 1.165) is 5.52 Å². The lowest BCUT2D eigenvalue weighted by atomic mass is 10.2. The first-order valence-electron chi connectivity index (χ1n) is 6.20. The van der Waals surface area contributed by atoms with Crippen LogP contribution in [0.5, 0.6) is 5.75 Å². The third-order valence-electron chi connectivity index (χ3n) is 2.82. The summed E-state index contributed by atoms with van der Waals surface area (Å²) >= 11 is 0. The van der Waals surface area contributed by atoms with E-state index >= 15 is 0 Å². The summed E-state index contributed by atoms with van der Waals surface area (Å²) < 4.78 is 9.57. The van der Waals surface area contributed by atoms with Crippen LogP contribution >= 0.6 is 0 Å². The van der Waals surface area contributed by atoms with E-state index in [4.69, 9.17) is 4.74 Å². The lowest BCUT2D eigenvalue weighted by Gasteiger charge is -2.01. The fourth-order valence-corrected chi connectivity index (χ4v) is 1.75. The number of amides is 1. The summed E-state index contributed by atoms with van der Waals surface area (Å²) in [5.41, 5.74) is 1.02. The number of benzene rings is 1. The Morgan fingerprint density at radius 2 is 2.19 bits per heavy atom. The lowest BCUT2D eigenvalue weighted by molar-refractivity contribution is -0.134. The molecule has 2 rings (SSSR count). The Hall–Kier alpha value is -2.83. The minimum absolute atomic E-state index is 0.201. The van der Waals surface area contributed by atoms with E-state index in [1.165, 1.54) is 19.3 Å². The summed E-state index contributed by atoms with van der Waals surface area (Å²) in [4.78, 5) is 22.9. The van der Waals surface area contributed by atoms with E-state index in [2.05, 4.69) is 20.3 Å². The molecule has 0 radical (unpaired) electrons. The van der Waals surface area contributed by atoms with Gasteiger partial charge in [-0.25, -0.2) is 4.79 Å². The molecule has 7 heteroatoms. The standard InChI is InChI=1S/C14H15N3O4/c1-20-9-5-6-11-10(8-9)13(17-16-11)14(19)15-7-3-4-12(18)21-2/h3-6,8H,7H2,1-2H3,(H,15,19)(H,16,17)/b4-3+. The van der Waals surface area contributed by atoms with Gasteiger partial charge < -0.3 is 14.8 Å². The quantitative estimate of drug-likeness (QED) is 0.633. The highest BCUT2D eigenvalue weighted by atomic mass is 16.5. The van der Waals surface area contributed by atoms with Gasteiger partial charge in [-0.3, -0.25) is 9.89 Å². The summed E-state index contributed by atoms with van der Waals surface area (Å²) in [6.07, 6.45) is 2.74. The van der Waals surface area contributed by atoms with E-state index in [0.29, 0.717) is 11.1 Å². The summed E-state index contributed by atoms with van der Waals surface area (Å²) in [6, 6.07) is 5.30. The molecule has 0 aliphatic heterocycles. The maximum Gasteiger partial charge on any atom is 0.330 e. The van der Waals surface area contributed by atoms with Gasteiger partial charge in [0.2, 0.25) is 0 Å². The number of nitrogens with zero attached hydrogens (tertiary/aromatic N) is 1. The van der Waals surface area contributed by atoms with Crippen LogP contribution < -0.4 is 10.1 Å². The highest BCUT2D eigenvalue weighted by Crippen LogP contribution is 2.21. The number of hydrogen-bond acceptors (Lipinski definition) is 5. The van der Waals surface area contributed by atoms with Crippen molar-refractivity contribution in [3.63, 3.8) is 0 Å². The van der Waals surface area contributed by atoms with Crippen LogP contribution in [0.25, 0.3) is 10.9 Å². The SMILES string of the molecule is COC(=O)/C=C/CNC(=O)c1n[nH]c2ccc(OC)cc12. The molecule has 2 N–H and O–H groups in total. The van der Waals surface area contributed by atoms with Crippen molar-refractivity contribution < 1.29 is 19.1 Å². The topological polar surface area (TPSA) is 93.3 Å². The molecular formula is C14H15N3O4. The largest absolute Gasteiger partial charge is 0.497 e. The van der Waals surface area contributed by atoms with E-state index in [9.17, 15) is 9.59 Å². The zero-order valence-electron chi connectivity index (χ0n) is 11.7. The van der Waals surface area contributed by atoms with Crippen LogP contribution in [0.3, 0.4) is 0 Å². The molecule has 0 bridgehead atoms. The first kappa shape index (κ1) is 14.6. The van der Waals surface area contributed by atoms with Gasteiger partial charge in [0.1, 0.15) is 5.75 Å². The Morgan fingerprint density at radius 3 is 2.90 bits per heavy atom. The molecule has 0 fully saturated rings. The number of hydrogen-bond donors (Lipinski definition) is 2. The Balaban J connectivity index is 2.09. The minimum atomic E-state index is -0.473. The highest BCUT2D eigenvalue weighted by Gasteiger charge is 2.13. The Labute approximate surface area is 120 Å². The van der Waals surface area contributed by atoms with Gasteiger partial charge in [0.25, 0.3) is 5.91 Å². The number of carbonyl (C=O) groups excluding carboxylic acids is 2. The van der Waals surface area contributed by atoms with Crippen LogP contribution in [-0.4, -0.2) is 42.8 Å². The number of aromatic amines is 1. The molecular weight excluding hydrogens is 274 g/mol. The monoisotopic (exact) mass is 289 g/mol. The molecule has 0 saturated heterocycles. The second-order valence-corrected chi connectivity index (χ2v) is 4.12. The number of H-pyrrole nitrogens is 1.